The molecule has 0 amide bonds. The SMILES string of the molecule is COc1ccc2c(c1)C1(C)CCN(C)N(C2)C1C. The lowest BCUT2D eigenvalue weighted by Crippen LogP contribution is -2.62. The molecular formula is C15H22N2O. The summed E-state index contributed by atoms with van der Waals surface area (Å²) in [5, 5.41) is 4.87. The molecule has 98 valence electrons. The van der Waals surface area contributed by atoms with Crippen molar-refractivity contribution in [2.75, 3.05) is 20.7 Å². The monoisotopic (exact) mass is 246 g/mol. The highest BCUT2D eigenvalue weighted by Gasteiger charge is 2.46. The van der Waals surface area contributed by atoms with Gasteiger partial charge in [-0.25, -0.2) is 10.0 Å². The van der Waals surface area contributed by atoms with Crippen LogP contribution in [0.15, 0.2) is 18.2 Å². The number of rotatable bonds is 1. The van der Waals surface area contributed by atoms with Crippen molar-refractivity contribution in [3.63, 3.8) is 0 Å². The lowest BCUT2D eigenvalue weighted by Gasteiger charge is -2.55. The van der Waals surface area contributed by atoms with E-state index in [0.29, 0.717) is 6.04 Å². The Balaban J connectivity index is 2.13. The fraction of sp³-hybridized carbons (Fsp3) is 0.600. The number of hydrazine groups is 1. The van der Waals surface area contributed by atoms with Crippen LogP contribution in [-0.2, 0) is 12.0 Å². The second-order valence-electron chi connectivity index (χ2n) is 5.85. The van der Waals surface area contributed by atoms with Gasteiger partial charge in [0.2, 0.25) is 0 Å². The Bertz CT molecular complexity index is 474. The Morgan fingerprint density at radius 2 is 2.17 bits per heavy atom. The highest BCUT2D eigenvalue weighted by Crippen LogP contribution is 2.45. The predicted molar refractivity (Wildman–Crippen MR) is 72.6 cm³/mol. The summed E-state index contributed by atoms with van der Waals surface area (Å²) >= 11 is 0. The summed E-state index contributed by atoms with van der Waals surface area (Å²) in [6.07, 6.45) is 1.21. The molecule has 2 bridgehead atoms. The molecule has 2 aliphatic rings. The second-order valence-corrected chi connectivity index (χ2v) is 5.85. The van der Waals surface area contributed by atoms with Crippen LogP contribution < -0.4 is 4.74 Å². The van der Waals surface area contributed by atoms with Crippen molar-refractivity contribution in [3.8, 4) is 5.75 Å². The van der Waals surface area contributed by atoms with Gasteiger partial charge in [0.05, 0.1) is 7.11 Å². The van der Waals surface area contributed by atoms with Crippen molar-refractivity contribution < 1.29 is 4.74 Å². The van der Waals surface area contributed by atoms with Crippen LogP contribution in [0.4, 0.5) is 0 Å². The van der Waals surface area contributed by atoms with Crippen LogP contribution >= 0.6 is 0 Å². The molecule has 1 saturated heterocycles. The molecule has 0 spiro atoms. The molecule has 3 atom stereocenters. The standard InChI is InChI=1S/C15H22N2O/c1-11-15(2)7-8-16(3)17(11)10-12-5-6-13(18-4)9-14(12)15/h5-6,9,11H,7-8,10H2,1-4H3. The number of nitrogens with zero attached hydrogens (tertiary/aromatic N) is 2. The average molecular weight is 246 g/mol. The largest absolute Gasteiger partial charge is 0.497 e. The van der Waals surface area contributed by atoms with E-state index < -0.39 is 0 Å². The lowest BCUT2D eigenvalue weighted by atomic mass is 9.68. The smallest absolute Gasteiger partial charge is 0.119 e. The zero-order valence-corrected chi connectivity index (χ0v) is 11.7. The number of fused-ring (bicyclic) bond motifs is 4. The van der Waals surface area contributed by atoms with E-state index in [-0.39, 0.29) is 5.41 Å². The topological polar surface area (TPSA) is 15.7 Å². The molecule has 1 aromatic carbocycles. The molecule has 3 unspecified atom stereocenters. The first-order valence-corrected chi connectivity index (χ1v) is 6.71. The maximum absolute atomic E-state index is 5.40. The summed E-state index contributed by atoms with van der Waals surface area (Å²) < 4.78 is 5.40. The molecule has 3 rings (SSSR count). The van der Waals surface area contributed by atoms with E-state index in [2.05, 4.69) is 49.1 Å². The van der Waals surface area contributed by atoms with Crippen LogP contribution in [0.3, 0.4) is 0 Å². The van der Waals surface area contributed by atoms with Gasteiger partial charge in [-0.3, -0.25) is 0 Å². The van der Waals surface area contributed by atoms with E-state index in [1.54, 1.807) is 7.11 Å². The number of hydrogen-bond acceptors (Lipinski definition) is 3. The summed E-state index contributed by atoms with van der Waals surface area (Å²) in [6.45, 7) is 6.90. The molecule has 0 N–H and O–H groups in total. The van der Waals surface area contributed by atoms with Crippen LogP contribution in [-0.4, -0.2) is 36.8 Å². The summed E-state index contributed by atoms with van der Waals surface area (Å²) in [5.74, 6) is 0.981. The van der Waals surface area contributed by atoms with Gasteiger partial charge < -0.3 is 4.74 Å². The minimum atomic E-state index is 0.245. The van der Waals surface area contributed by atoms with E-state index in [9.17, 15) is 0 Å². The molecule has 2 aliphatic heterocycles. The highest BCUT2D eigenvalue weighted by atomic mass is 16.5. The van der Waals surface area contributed by atoms with Crippen molar-refractivity contribution in [2.45, 2.75) is 38.3 Å². The van der Waals surface area contributed by atoms with Gasteiger partial charge >= 0.3 is 0 Å². The fourth-order valence-corrected chi connectivity index (χ4v) is 3.50. The summed E-state index contributed by atoms with van der Waals surface area (Å²) in [7, 11) is 3.95. The first kappa shape index (κ1) is 12.0. The number of benzene rings is 1. The first-order valence-electron chi connectivity index (χ1n) is 6.71. The van der Waals surface area contributed by atoms with E-state index in [4.69, 9.17) is 4.74 Å². The zero-order valence-electron chi connectivity index (χ0n) is 11.7. The highest BCUT2D eigenvalue weighted by molar-refractivity contribution is 5.43. The summed E-state index contributed by atoms with van der Waals surface area (Å²) in [5.41, 5.74) is 3.18. The van der Waals surface area contributed by atoms with Crippen molar-refractivity contribution in [1.29, 1.82) is 0 Å². The van der Waals surface area contributed by atoms with Crippen molar-refractivity contribution in [3.05, 3.63) is 29.3 Å². The van der Waals surface area contributed by atoms with E-state index >= 15 is 0 Å². The number of ether oxygens (including phenoxy) is 1. The minimum absolute atomic E-state index is 0.245. The molecule has 0 radical (unpaired) electrons. The minimum Gasteiger partial charge on any atom is -0.497 e. The van der Waals surface area contributed by atoms with Crippen LogP contribution in [0, 0.1) is 0 Å². The number of methoxy groups -OCH3 is 1. The van der Waals surface area contributed by atoms with Crippen molar-refractivity contribution in [2.24, 2.45) is 0 Å². The third-order valence-corrected chi connectivity index (χ3v) is 5.03. The Morgan fingerprint density at radius 3 is 2.89 bits per heavy atom. The van der Waals surface area contributed by atoms with Gasteiger partial charge in [-0.2, -0.15) is 0 Å². The fourth-order valence-electron chi connectivity index (χ4n) is 3.50. The van der Waals surface area contributed by atoms with Gasteiger partial charge in [-0.15, -0.1) is 0 Å². The molecule has 3 heteroatoms. The molecule has 18 heavy (non-hydrogen) atoms. The van der Waals surface area contributed by atoms with Gasteiger partial charge in [0.15, 0.2) is 0 Å². The lowest BCUT2D eigenvalue weighted by molar-refractivity contribution is -0.115. The Labute approximate surface area is 109 Å². The number of hydrogen-bond donors (Lipinski definition) is 0. The third-order valence-electron chi connectivity index (χ3n) is 5.03. The average Bonchev–Trinajstić information content (AvgIpc) is 2.38. The first-order chi connectivity index (χ1) is 8.56. The molecule has 1 aromatic rings. The zero-order chi connectivity index (χ0) is 12.9. The molecule has 0 saturated carbocycles. The summed E-state index contributed by atoms with van der Waals surface area (Å²) in [4.78, 5) is 0. The van der Waals surface area contributed by atoms with Crippen LogP contribution in [0.2, 0.25) is 0 Å². The third kappa shape index (κ3) is 1.50. The van der Waals surface area contributed by atoms with Crippen LogP contribution in [0.1, 0.15) is 31.4 Å². The van der Waals surface area contributed by atoms with Crippen LogP contribution in [0.25, 0.3) is 0 Å². The Hall–Kier alpha value is -1.06. The van der Waals surface area contributed by atoms with Gasteiger partial charge in [-0.1, -0.05) is 13.0 Å². The quantitative estimate of drug-likeness (QED) is 0.757. The van der Waals surface area contributed by atoms with Gasteiger partial charge in [0.25, 0.3) is 0 Å². The molecular weight excluding hydrogens is 224 g/mol. The molecule has 3 nitrogen and oxygen atoms in total. The van der Waals surface area contributed by atoms with Gasteiger partial charge in [0.1, 0.15) is 5.75 Å². The molecule has 0 aromatic heterocycles. The molecule has 0 aliphatic carbocycles. The Morgan fingerprint density at radius 1 is 1.39 bits per heavy atom. The van der Waals surface area contributed by atoms with E-state index in [0.717, 1.165) is 18.8 Å². The van der Waals surface area contributed by atoms with E-state index in [1.807, 2.05) is 0 Å². The van der Waals surface area contributed by atoms with Crippen molar-refractivity contribution >= 4 is 0 Å². The van der Waals surface area contributed by atoms with Gasteiger partial charge in [-0.05, 0) is 36.6 Å². The predicted octanol–water partition coefficient (Wildman–Crippen LogP) is 2.41. The second kappa shape index (κ2) is 3.97. The van der Waals surface area contributed by atoms with Crippen molar-refractivity contribution in [1.82, 2.24) is 10.0 Å². The summed E-state index contributed by atoms with van der Waals surface area (Å²) in [6, 6.07) is 7.10. The van der Waals surface area contributed by atoms with Crippen LogP contribution in [0.5, 0.6) is 5.75 Å². The maximum atomic E-state index is 5.40. The Kier molecular flexibility index (Phi) is 2.65. The van der Waals surface area contributed by atoms with Gasteiger partial charge in [0, 0.05) is 31.6 Å². The molecule has 2 heterocycles. The maximum Gasteiger partial charge on any atom is 0.119 e. The normalized spacial score (nSPS) is 35.1. The molecule has 1 fully saturated rings. The van der Waals surface area contributed by atoms with E-state index in [1.165, 1.54) is 17.5 Å².